The van der Waals surface area contributed by atoms with Gasteiger partial charge in [-0.1, -0.05) is 11.6 Å². The van der Waals surface area contributed by atoms with E-state index in [4.69, 9.17) is 35.0 Å². The van der Waals surface area contributed by atoms with Crippen molar-refractivity contribution >= 4 is 52.3 Å². The van der Waals surface area contributed by atoms with Crippen LogP contribution in [-0.2, 0) is 4.79 Å². The predicted octanol–water partition coefficient (Wildman–Crippen LogP) is 2.97. The van der Waals surface area contributed by atoms with E-state index in [1.54, 1.807) is 0 Å². The van der Waals surface area contributed by atoms with Gasteiger partial charge < -0.3 is 0 Å². The molecule has 1 aromatic carbocycles. The van der Waals surface area contributed by atoms with Gasteiger partial charge >= 0.3 is 0 Å². The lowest BCUT2D eigenvalue weighted by Gasteiger charge is -2.13. The molecule has 0 aliphatic carbocycles. The van der Waals surface area contributed by atoms with Gasteiger partial charge in [0, 0.05) is 23.9 Å². The van der Waals surface area contributed by atoms with Crippen LogP contribution in [0.1, 0.15) is 0 Å². The van der Waals surface area contributed by atoms with Crippen molar-refractivity contribution in [1.29, 1.82) is 0 Å². The molecule has 1 amide bonds. The van der Waals surface area contributed by atoms with E-state index in [1.165, 1.54) is 12.1 Å². The number of anilines is 1. The standard InChI is InChI=1S/C8H5Cl3N2O3/c9-4-8(14)12(11)7-2-1-5(13(15)16)3-6(7)10/h1-3H,4H2. The van der Waals surface area contributed by atoms with Crippen LogP contribution in [0.25, 0.3) is 0 Å². The summed E-state index contributed by atoms with van der Waals surface area (Å²) in [4.78, 5) is 21.0. The first-order valence-corrected chi connectivity index (χ1v) is 5.21. The number of alkyl halides is 1. The van der Waals surface area contributed by atoms with Crippen LogP contribution in [0.4, 0.5) is 11.4 Å². The number of non-ortho nitro benzene ring substituents is 1. The minimum Gasteiger partial charge on any atom is -0.272 e. The van der Waals surface area contributed by atoms with E-state index in [-0.39, 0.29) is 22.3 Å². The maximum atomic E-state index is 11.2. The van der Waals surface area contributed by atoms with Crippen molar-refractivity contribution in [2.45, 2.75) is 0 Å². The monoisotopic (exact) mass is 282 g/mol. The second-order valence-electron chi connectivity index (χ2n) is 2.70. The molecule has 0 fully saturated rings. The second-order valence-corrected chi connectivity index (χ2v) is 3.71. The van der Waals surface area contributed by atoms with Gasteiger partial charge in [0.1, 0.15) is 5.88 Å². The summed E-state index contributed by atoms with van der Waals surface area (Å²) in [7, 11) is 0. The number of hydrogen-bond acceptors (Lipinski definition) is 3. The Morgan fingerprint density at radius 1 is 1.50 bits per heavy atom. The van der Waals surface area contributed by atoms with E-state index >= 15 is 0 Å². The minimum absolute atomic E-state index is 0.00247. The summed E-state index contributed by atoms with van der Waals surface area (Å²) >= 11 is 16.7. The zero-order valence-corrected chi connectivity index (χ0v) is 9.96. The van der Waals surface area contributed by atoms with Crippen molar-refractivity contribution in [3.8, 4) is 0 Å². The number of rotatable bonds is 3. The van der Waals surface area contributed by atoms with E-state index in [0.29, 0.717) is 0 Å². The molecule has 0 heterocycles. The Labute approximate surface area is 106 Å². The molecule has 0 atom stereocenters. The fourth-order valence-electron chi connectivity index (χ4n) is 0.955. The molecule has 5 nitrogen and oxygen atoms in total. The van der Waals surface area contributed by atoms with Crippen LogP contribution >= 0.6 is 35.0 Å². The van der Waals surface area contributed by atoms with E-state index in [0.717, 1.165) is 10.5 Å². The molecule has 0 unspecified atom stereocenters. The van der Waals surface area contributed by atoms with Crippen LogP contribution in [0.2, 0.25) is 5.02 Å². The van der Waals surface area contributed by atoms with Gasteiger partial charge in [0.2, 0.25) is 0 Å². The van der Waals surface area contributed by atoms with E-state index in [1.807, 2.05) is 0 Å². The van der Waals surface area contributed by atoms with Crippen molar-refractivity contribution in [2.75, 3.05) is 10.3 Å². The van der Waals surface area contributed by atoms with Gasteiger partial charge in [-0.05, 0) is 6.07 Å². The Kier molecular flexibility index (Phi) is 4.35. The quantitative estimate of drug-likeness (QED) is 0.371. The number of nitro groups is 1. The highest BCUT2D eigenvalue weighted by molar-refractivity contribution is 6.44. The maximum absolute atomic E-state index is 11.2. The highest BCUT2D eigenvalue weighted by atomic mass is 35.5. The first-order valence-electron chi connectivity index (χ1n) is 3.96. The number of benzene rings is 1. The number of nitrogens with zero attached hydrogens (tertiary/aromatic N) is 2. The van der Waals surface area contributed by atoms with Crippen LogP contribution in [0, 0.1) is 10.1 Å². The molecule has 0 saturated heterocycles. The third kappa shape index (κ3) is 2.75. The molecule has 0 aliphatic heterocycles. The molecule has 0 aliphatic rings. The summed E-state index contributed by atoms with van der Waals surface area (Å²) in [6.45, 7) is 0. The third-order valence-corrected chi connectivity index (χ3v) is 2.59. The largest absolute Gasteiger partial charge is 0.272 e. The van der Waals surface area contributed by atoms with Crippen LogP contribution in [-0.4, -0.2) is 16.7 Å². The Balaban J connectivity index is 3.08. The molecule has 0 bridgehead atoms. The van der Waals surface area contributed by atoms with Gasteiger partial charge in [0.25, 0.3) is 11.6 Å². The maximum Gasteiger partial charge on any atom is 0.271 e. The van der Waals surface area contributed by atoms with Gasteiger partial charge in [-0.15, -0.1) is 11.6 Å². The average Bonchev–Trinajstić information content (AvgIpc) is 2.26. The van der Waals surface area contributed by atoms with E-state index in [2.05, 4.69) is 0 Å². The van der Waals surface area contributed by atoms with Gasteiger partial charge in [-0.2, -0.15) is 0 Å². The zero-order chi connectivity index (χ0) is 12.3. The molecule has 86 valence electrons. The molecule has 0 saturated carbocycles. The smallest absolute Gasteiger partial charge is 0.271 e. The summed E-state index contributed by atoms with van der Waals surface area (Å²) in [5.41, 5.74) is -0.0308. The fourth-order valence-corrected chi connectivity index (χ4v) is 1.65. The number of carbonyl (C=O) groups excluding carboxylic acids is 1. The third-order valence-electron chi connectivity index (χ3n) is 1.69. The van der Waals surface area contributed by atoms with Crippen LogP contribution in [0.15, 0.2) is 18.2 Å². The van der Waals surface area contributed by atoms with Gasteiger partial charge in [0.15, 0.2) is 0 Å². The molecule has 0 spiro atoms. The van der Waals surface area contributed by atoms with Crippen LogP contribution in [0.3, 0.4) is 0 Å². The summed E-state index contributed by atoms with van der Waals surface area (Å²) < 4.78 is 0.721. The van der Waals surface area contributed by atoms with Crippen LogP contribution in [0.5, 0.6) is 0 Å². The zero-order valence-electron chi connectivity index (χ0n) is 7.69. The highest BCUT2D eigenvalue weighted by Gasteiger charge is 2.17. The lowest BCUT2D eigenvalue weighted by atomic mass is 10.3. The van der Waals surface area contributed by atoms with Crippen molar-refractivity contribution in [1.82, 2.24) is 0 Å². The van der Waals surface area contributed by atoms with Crippen molar-refractivity contribution in [3.63, 3.8) is 0 Å². The van der Waals surface area contributed by atoms with E-state index < -0.39 is 10.8 Å². The highest BCUT2D eigenvalue weighted by Crippen LogP contribution is 2.30. The van der Waals surface area contributed by atoms with Crippen molar-refractivity contribution < 1.29 is 9.72 Å². The van der Waals surface area contributed by atoms with E-state index in [9.17, 15) is 14.9 Å². The minimum atomic E-state index is -0.600. The van der Waals surface area contributed by atoms with Crippen molar-refractivity contribution in [2.24, 2.45) is 0 Å². The average molecular weight is 283 g/mol. The molecular formula is C8H5Cl3N2O3. The van der Waals surface area contributed by atoms with Crippen LogP contribution < -0.4 is 4.42 Å². The summed E-state index contributed by atoms with van der Waals surface area (Å²) in [5.74, 6) is -0.879. The molecule has 0 N–H and O–H groups in total. The number of halogens is 3. The predicted molar refractivity (Wildman–Crippen MR) is 62.2 cm³/mol. The Hall–Kier alpha value is -1.04. The fraction of sp³-hybridized carbons (Fsp3) is 0.125. The Morgan fingerprint density at radius 3 is 2.56 bits per heavy atom. The van der Waals surface area contributed by atoms with Gasteiger partial charge in [-0.25, -0.2) is 4.42 Å². The number of hydrogen-bond donors (Lipinski definition) is 0. The molecule has 1 rings (SSSR count). The lowest BCUT2D eigenvalue weighted by molar-refractivity contribution is -0.384. The Morgan fingerprint density at radius 2 is 2.12 bits per heavy atom. The number of amides is 1. The summed E-state index contributed by atoms with van der Waals surface area (Å²) in [5, 5.41) is 10.4. The molecular weight excluding hydrogens is 278 g/mol. The molecule has 0 radical (unpaired) electrons. The number of carbonyl (C=O) groups is 1. The summed E-state index contributed by atoms with van der Waals surface area (Å²) in [6, 6.07) is 3.57. The molecule has 8 heteroatoms. The van der Waals surface area contributed by atoms with Gasteiger partial charge in [0.05, 0.1) is 15.6 Å². The molecule has 1 aromatic rings. The SMILES string of the molecule is O=C(CCl)N(Cl)c1ccc([N+](=O)[O-])cc1Cl. The lowest BCUT2D eigenvalue weighted by Crippen LogP contribution is -2.21. The first-order chi connectivity index (χ1) is 7.47. The molecule has 16 heavy (non-hydrogen) atoms. The summed E-state index contributed by atoms with van der Waals surface area (Å²) in [6.07, 6.45) is 0. The molecule has 0 aromatic heterocycles. The Bertz CT molecular complexity index is 439. The normalized spacial score (nSPS) is 9.94. The topological polar surface area (TPSA) is 63.5 Å². The van der Waals surface area contributed by atoms with Gasteiger partial charge in [-0.3, -0.25) is 14.9 Å². The van der Waals surface area contributed by atoms with Crippen molar-refractivity contribution in [3.05, 3.63) is 33.3 Å². The number of nitro benzene ring substituents is 1. The second kappa shape index (κ2) is 5.34. The first kappa shape index (κ1) is 13.0.